The molecule has 1 N–H and O–H groups in total. The van der Waals surface area contributed by atoms with Crippen molar-refractivity contribution in [2.45, 2.75) is 58.0 Å². The Hall–Kier alpha value is -0.860. The van der Waals surface area contributed by atoms with Crippen LogP contribution in [0.15, 0.2) is 24.3 Å². The second-order valence-corrected chi connectivity index (χ2v) is 6.29. The first-order chi connectivity index (χ1) is 9.04. The fourth-order valence-electron chi connectivity index (χ4n) is 3.07. The van der Waals surface area contributed by atoms with E-state index in [4.69, 9.17) is 4.74 Å². The van der Waals surface area contributed by atoms with E-state index in [9.17, 15) is 0 Å². The molecule has 1 aliphatic carbocycles. The number of benzene rings is 1. The lowest BCUT2D eigenvalue weighted by Gasteiger charge is -2.38. The maximum Gasteiger partial charge on any atom is 0.0616 e. The van der Waals surface area contributed by atoms with Gasteiger partial charge in [0.15, 0.2) is 0 Å². The monoisotopic (exact) mass is 261 g/mol. The van der Waals surface area contributed by atoms with Gasteiger partial charge in [0, 0.05) is 18.7 Å². The lowest BCUT2D eigenvalue weighted by Crippen LogP contribution is -2.38. The minimum Gasteiger partial charge on any atom is -0.380 e. The third kappa shape index (κ3) is 3.37. The van der Waals surface area contributed by atoms with Crippen molar-refractivity contribution < 1.29 is 4.74 Å². The van der Waals surface area contributed by atoms with Gasteiger partial charge in [-0.15, -0.1) is 0 Å². The molecule has 0 aliphatic heterocycles. The third-order valence-electron chi connectivity index (χ3n) is 4.18. The van der Waals surface area contributed by atoms with Crippen LogP contribution in [-0.4, -0.2) is 19.3 Å². The normalized spacial score (nSPS) is 22.8. The number of ether oxygens (including phenoxy) is 1. The van der Waals surface area contributed by atoms with Gasteiger partial charge in [-0.3, -0.25) is 0 Å². The van der Waals surface area contributed by atoms with E-state index in [0.717, 1.165) is 13.2 Å². The van der Waals surface area contributed by atoms with E-state index < -0.39 is 0 Å². The Kier molecular flexibility index (Phi) is 4.64. The molecular weight excluding hydrogens is 234 g/mol. The summed E-state index contributed by atoms with van der Waals surface area (Å²) in [6.45, 7) is 10.5. The molecule has 0 heterocycles. The largest absolute Gasteiger partial charge is 0.380 e. The van der Waals surface area contributed by atoms with Crippen molar-refractivity contribution in [2.75, 3.05) is 13.2 Å². The van der Waals surface area contributed by atoms with Crippen molar-refractivity contribution >= 4 is 0 Å². The van der Waals surface area contributed by atoms with Crippen molar-refractivity contribution in [1.82, 2.24) is 5.32 Å². The van der Waals surface area contributed by atoms with E-state index in [2.05, 4.69) is 50.4 Å². The summed E-state index contributed by atoms with van der Waals surface area (Å²) < 4.78 is 5.50. The summed E-state index contributed by atoms with van der Waals surface area (Å²) in [5, 5.41) is 3.72. The number of hydrogen-bond acceptors (Lipinski definition) is 2. The smallest absolute Gasteiger partial charge is 0.0616 e. The minimum absolute atomic E-state index is 0.304. The number of nitrogens with one attached hydrogen (secondary N) is 1. The Balaban J connectivity index is 2.12. The van der Waals surface area contributed by atoms with Gasteiger partial charge in [-0.2, -0.15) is 0 Å². The summed E-state index contributed by atoms with van der Waals surface area (Å²) in [7, 11) is 0. The molecule has 2 heteroatoms. The molecule has 2 nitrogen and oxygen atoms in total. The molecule has 0 amide bonds. The van der Waals surface area contributed by atoms with Crippen LogP contribution in [0.25, 0.3) is 0 Å². The molecule has 0 saturated carbocycles. The van der Waals surface area contributed by atoms with Crippen LogP contribution in [0.1, 0.15) is 57.7 Å². The van der Waals surface area contributed by atoms with Crippen LogP contribution in [-0.2, 0) is 10.2 Å². The fraction of sp³-hybridized carbons (Fsp3) is 0.647. The summed E-state index contributed by atoms with van der Waals surface area (Å²) in [4.78, 5) is 0. The molecule has 19 heavy (non-hydrogen) atoms. The molecule has 1 aromatic rings. The van der Waals surface area contributed by atoms with Crippen LogP contribution in [0.3, 0.4) is 0 Å². The summed E-state index contributed by atoms with van der Waals surface area (Å²) in [6, 6.07) is 9.76. The molecule has 106 valence electrons. The highest BCUT2D eigenvalue weighted by Gasteiger charge is 2.32. The zero-order valence-electron chi connectivity index (χ0n) is 12.7. The molecule has 0 radical (unpaired) electrons. The van der Waals surface area contributed by atoms with Gasteiger partial charge in [0.05, 0.1) is 6.61 Å². The van der Waals surface area contributed by atoms with Gasteiger partial charge in [-0.1, -0.05) is 38.1 Å². The van der Waals surface area contributed by atoms with Gasteiger partial charge in [-0.05, 0) is 43.2 Å². The van der Waals surface area contributed by atoms with E-state index in [1.165, 1.54) is 24.0 Å². The predicted octanol–water partition coefficient (Wildman–Crippen LogP) is 3.81. The molecule has 1 aliphatic rings. The van der Waals surface area contributed by atoms with Crippen LogP contribution in [0.2, 0.25) is 0 Å². The standard InChI is InChI=1S/C17H27NO/c1-5-19-12-13(2)18-16-10-11-17(3,4)15-9-7-6-8-14(15)16/h6-9,13,16,18H,5,10-12H2,1-4H3. The highest BCUT2D eigenvalue weighted by atomic mass is 16.5. The molecule has 0 aromatic heterocycles. The highest BCUT2D eigenvalue weighted by Crippen LogP contribution is 2.41. The van der Waals surface area contributed by atoms with Crippen molar-refractivity contribution in [1.29, 1.82) is 0 Å². The molecule has 2 rings (SSSR count). The van der Waals surface area contributed by atoms with Gasteiger partial charge >= 0.3 is 0 Å². The maximum atomic E-state index is 5.50. The number of rotatable bonds is 5. The van der Waals surface area contributed by atoms with Crippen molar-refractivity contribution in [3.05, 3.63) is 35.4 Å². The first-order valence-corrected chi connectivity index (χ1v) is 7.48. The van der Waals surface area contributed by atoms with Crippen molar-refractivity contribution in [3.8, 4) is 0 Å². The second kappa shape index (κ2) is 6.06. The lowest BCUT2D eigenvalue weighted by atomic mass is 9.71. The lowest BCUT2D eigenvalue weighted by molar-refractivity contribution is 0.121. The Bertz CT molecular complexity index is 413. The van der Waals surface area contributed by atoms with Crippen molar-refractivity contribution in [2.24, 2.45) is 0 Å². The summed E-state index contributed by atoms with van der Waals surface area (Å²) in [6.07, 6.45) is 2.45. The molecule has 0 saturated heterocycles. The molecule has 2 atom stereocenters. The second-order valence-electron chi connectivity index (χ2n) is 6.29. The Morgan fingerprint density at radius 2 is 2.11 bits per heavy atom. The third-order valence-corrected chi connectivity index (χ3v) is 4.18. The molecule has 0 bridgehead atoms. The van der Waals surface area contributed by atoms with Crippen LogP contribution >= 0.6 is 0 Å². The zero-order valence-corrected chi connectivity index (χ0v) is 12.7. The van der Waals surface area contributed by atoms with Gasteiger partial charge in [0.2, 0.25) is 0 Å². The van der Waals surface area contributed by atoms with Crippen LogP contribution in [0.4, 0.5) is 0 Å². The summed E-state index contributed by atoms with van der Waals surface area (Å²) in [5.74, 6) is 0. The van der Waals surface area contributed by atoms with E-state index >= 15 is 0 Å². The zero-order chi connectivity index (χ0) is 13.9. The van der Waals surface area contributed by atoms with Crippen LogP contribution < -0.4 is 5.32 Å². The van der Waals surface area contributed by atoms with Gasteiger partial charge in [0.25, 0.3) is 0 Å². The van der Waals surface area contributed by atoms with Gasteiger partial charge < -0.3 is 10.1 Å². The molecule has 0 spiro atoms. The highest BCUT2D eigenvalue weighted by molar-refractivity contribution is 5.38. The minimum atomic E-state index is 0.304. The topological polar surface area (TPSA) is 21.3 Å². The molecule has 1 aromatic carbocycles. The SMILES string of the molecule is CCOCC(C)NC1CCC(C)(C)c2ccccc21. The van der Waals surface area contributed by atoms with Crippen LogP contribution in [0, 0.1) is 0 Å². The van der Waals surface area contributed by atoms with E-state index in [0.29, 0.717) is 17.5 Å². The fourth-order valence-corrected chi connectivity index (χ4v) is 3.07. The Morgan fingerprint density at radius 1 is 1.37 bits per heavy atom. The van der Waals surface area contributed by atoms with Gasteiger partial charge in [-0.25, -0.2) is 0 Å². The first kappa shape index (κ1) is 14.5. The number of fused-ring (bicyclic) bond motifs is 1. The van der Waals surface area contributed by atoms with Crippen molar-refractivity contribution in [3.63, 3.8) is 0 Å². The summed E-state index contributed by atoms with van der Waals surface area (Å²) in [5.41, 5.74) is 3.28. The molecule has 0 fully saturated rings. The average molecular weight is 261 g/mol. The quantitative estimate of drug-likeness (QED) is 0.870. The van der Waals surface area contributed by atoms with Gasteiger partial charge in [0.1, 0.15) is 0 Å². The number of hydrogen-bond donors (Lipinski definition) is 1. The average Bonchev–Trinajstić information content (AvgIpc) is 2.40. The predicted molar refractivity (Wildman–Crippen MR) is 80.5 cm³/mol. The molecular formula is C17H27NO. The van der Waals surface area contributed by atoms with E-state index in [1.807, 2.05) is 6.92 Å². The molecule has 2 unspecified atom stereocenters. The Morgan fingerprint density at radius 3 is 2.84 bits per heavy atom. The van der Waals surface area contributed by atoms with E-state index in [-0.39, 0.29) is 0 Å². The summed E-state index contributed by atoms with van der Waals surface area (Å²) >= 11 is 0. The van der Waals surface area contributed by atoms with E-state index in [1.54, 1.807) is 0 Å². The first-order valence-electron chi connectivity index (χ1n) is 7.48. The Labute approximate surface area is 117 Å². The van der Waals surface area contributed by atoms with Crippen LogP contribution in [0.5, 0.6) is 0 Å². The maximum absolute atomic E-state index is 5.50.